The molecule has 0 atom stereocenters. The molecular formula is C15H14N2O2S. The Morgan fingerprint density at radius 3 is 2.45 bits per heavy atom. The Balaban J connectivity index is 1.83. The molecule has 0 radical (unpaired) electrons. The van der Waals surface area contributed by atoms with Crippen LogP contribution in [-0.4, -0.2) is 11.8 Å². The van der Waals surface area contributed by atoms with Gasteiger partial charge in [-0.1, -0.05) is 18.2 Å². The van der Waals surface area contributed by atoms with Gasteiger partial charge in [0, 0.05) is 21.4 Å². The molecule has 2 aromatic rings. The van der Waals surface area contributed by atoms with Crippen LogP contribution in [0.5, 0.6) is 0 Å². The van der Waals surface area contributed by atoms with E-state index in [0.717, 1.165) is 4.88 Å². The van der Waals surface area contributed by atoms with Gasteiger partial charge in [0.25, 0.3) is 11.8 Å². The average molecular weight is 286 g/mol. The van der Waals surface area contributed by atoms with Gasteiger partial charge < -0.3 is 0 Å². The second kappa shape index (κ2) is 6.68. The largest absolute Gasteiger partial charge is 0.269 e. The number of nitrogens with one attached hydrogen (secondary N) is 2. The van der Waals surface area contributed by atoms with Gasteiger partial charge in [0.2, 0.25) is 0 Å². The van der Waals surface area contributed by atoms with E-state index < -0.39 is 0 Å². The molecular weight excluding hydrogens is 272 g/mol. The van der Waals surface area contributed by atoms with Gasteiger partial charge in [0.15, 0.2) is 0 Å². The van der Waals surface area contributed by atoms with Gasteiger partial charge in [-0.2, -0.15) is 0 Å². The van der Waals surface area contributed by atoms with Crippen LogP contribution in [0.2, 0.25) is 0 Å². The molecule has 0 aliphatic rings. The Morgan fingerprint density at radius 2 is 1.80 bits per heavy atom. The number of benzene rings is 1. The molecule has 0 aliphatic heterocycles. The van der Waals surface area contributed by atoms with Crippen LogP contribution in [0, 0.1) is 6.92 Å². The van der Waals surface area contributed by atoms with Crippen molar-refractivity contribution in [2.24, 2.45) is 0 Å². The first-order valence-electron chi connectivity index (χ1n) is 6.05. The Morgan fingerprint density at radius 1 is 1.05 bits per heavy atom. The molecule has 102 valence electrons. The number of carbonyl (C=O) groups is 2. The average Bonchev–Trinajstić information content (AvgIpc) is 2.89. The maximum absolute atomic E-state index is 11.7. The van der Waals surface area contributed by atoms with Crippen molar-refractivity contribution >= 4 is 29.2 Å². The fourth-order valence-electron chi connectivity index (χ4n) is 1.52. The van der Waals surface area contributed by atoms with Crippen molar-refractivity contribution in [1.29, 1.82) is 0 Å². The van der Waals surface area contributed by atoms with Crippen molar-refractivity contribution < 1.29 is 9.59 Å². The van der Waals surface area contributed by atoms with Crippen molar-refractivity contribution in [3.8, 4) is 0 Å². The third-order valence-corrected chi connectivity index (χ3v) is 3.46. The van der Waals surface area contributed by atoms with Gasteiger partial charge in [-0.05, 0) is 37.3 Å². The molecule has 1 aromatic carbocycles. The van der Waals surface area contributed by atoms with Crippen LogP contribution in [0.25, 0.3) is 6.08 Å². The van der Waals surface area contributed by atoms with Crippen molar-refractivity contribution in [1.82, 2.24) is 10.9 Å². The molecule has 0 aliphatic carbocycles. The molecule has 0 saturated carbocycles. The number of rotatable bonds is 3. The first-order chi connectivity index (χ1) is 9.65. The van der Waals surface area contributed by atoms with Crippen LogP contribution < -0.4 is 10.9 Å². The molecule has 4 nitrogen and oxygen atoms in total. The highest BCUT2D eigenvalue weighted by Crippen LogP contribution is 2.16. The van der Waals surface area contributed by atoms with Crippen molar-refractivity contribution in [2.45, 2.75) is 6.92 Å². The quantitative estimate of drug-likeness (QED) is 0.673. The van der Waals surface area contributed by atoms with Gasteiger partial charge in [0.1, 0.15) is 0 Å². The molecule has 0 unspecified atom stereocenters. The topological polar surface area (TPSA) is 58.2 Å². The van der Waals surface area contributed by atoms with Crippen LogP contribution in [0.3, 0.4) is 0 Å². The predicted molar refractivity (Wildman–Crippen MR) is 80.1 cm³/mol. The summed E-state index contributed by atoms with van der Waals surface area (Å²) in [5.74, 6) is -0.723. The standard InChI is InChI=1S/C15H14N2O2S/c1-11-7-8-13(20-11)9-10-14(18)16-17-15(19)12-5-3-2-4-6-12/h2-10H,1H3,(H,16,18)(H,17,19)/b10-9+. The monoisotopic (exact) mass is 286 g/mol. The molecule has 0 bridgehead atoms. The van der Waals surface area contributed by atoms with Gasteiger partial charge >= 0.3 is 0 Å². The summed E-state index contributed by atoms with van der Waals surface area (Å²) < 4.78 is 0. The molecule has 0 fully saturated rings. The van der Waals surface area contributed by atoms with E-state index in [4.69, 9.17) is 0 Å². The summed E-state index contributed by atoms with van der Waals surface area (Å²) in [5.41, 5.74) is 5.18. The smallest absolute Gasteiger partial charge is 0.268 e. The number of carbonyl (C=O) groups excluding carboxylic acids is 2. The highest BCUT2D eigenvalue weighted by Gasteiger charge is 2.04. The molecule has 0 spiro atoms. The third kappa shape index (κ3) is 4.07. The normalized spacial score (nSPS) is 10.4. The molecule has 2 rings (SSSR count). The lowest BCUT2D eigenvalue weighted by Gasteiger charge is -2.04. The first kappa shape index (κ1) is 14.0. The number of hydrogen-bond donors (Lipinski definition) is 2. The third-order valence-electron chi connectivity index (χ3n) is 2.50. The molecule has 5 heteroatoms. The number of hydrazine groups is 1. The van der Waals surface area contributed by atoms with Crippen LogP contribution in [0.1, 0.15) is 20.1 Å². The van der Waals surface area contributed by atoms with E-state index in [9.17, 15) is 9.59 Å². The zero-order valence-electron chi connectivity index (χ0n) is 10.9. The van der Waals surface area contributed by atoms with E-state index >= 15 is 0 Å². The molecule has 2 amide bonds. The molecule has 20 heavy (non-hydrogen) atoms. The molecule has 0 saturated heterocycles. The van der Waals surface area contributed by atoms with Crippen molar-refractivity contribution in [2.75, 3.05) is 0 Å². The van der Waals surface area contributed by atoms with Crippen molar-refractivity contribution in [3.63, 3.8) is 0 Å². The Hall–Kier alpha value is -2.40. The minimum absolute atomic E-state index is 0.348. The van der Waals surface area contributed by atoms with Gasteiger partial charge in [0.05, 0.1) is 0 Å². The molecule has 1 aromatic heterocycles. The maximum Gasteiger partial charge on any atom is 0.269 e. The zero-order valence-corrected chi connectivity index (χ0v) is 11.7. The van der Waals surface area contributed by atoms with E-state index in [-0.39, 0.29) is 11.8 Å². The van der Waals surface area contributed by atoms with Gasteiger partial charge in [-0.15, -0.1) is 11.3 Å². The van der Waals surface area contributed by atoms with E-state index in [1.54, 1.807) is 41.7 Å². The fraction of sp³-hybridized carbons (Fsp3) is 0.0667. The van der Waals surface area contributed by atoms with Crippen LogP contribution in [0.15, 0.2) is 48.5 Å². The number of amides is 2. The minimum atomic E-state index is -0.375. The molecule has 1 heterocycles. The summed E-state index contributed by atoms with van der Waals surface area (Å²) in [5, 5.41) is 0. The number of aryl methyl sites for hydroxylation is 1. The summed E-state index contributed by atoms with van der Waals surface area (Å²) >= 11 is 1.60. The zero-order chi connectivity index (χ0) is 14.4. The summed E-state index contributed by atoms with van der Waals surface area (Å²) in [6.45, 7) is 2.00. The second-order valence-corrected chi connectivity index (χ2v) is 5.41. The van der Waals surface area contributed by atoms with E-state index in [2.05, 4.69) is 10.9 Å². The summed E-state index contributed by atoms with van der Waals surface area (Å²) in [6.07, 6.45) is 3.10. The summed E-state index contributed by atoms with van der Waals surface area (Å²) in [7, 11) is 0. The van der Waals surface area contributed by atoms with Crippen molar-refractivity contribution in [3.05, 3.63) is 63.9 Å². The minimum Gasteiger partial charge on any atom is -0.268 e. The van der Waals surface area contributed by atoms with Crippen LogP contribution in [-0.2, 0) is 4.79 Å². The lowest BCUT2D eigenvalue weighted by molar-refractivity contribution is -0.117. The lowest BCUT2D eigenvalue weighted by atomic mass is 10.2. The number of thiophene rings is 1. The van der Waals surface area contributed by atoms with E-state index in [1.807, 2.05) is 25.1 Å². The highest BCUT2D eigenvalue weighted by atomic mass is 32.1. The second-order valence-electron chi connectivity index (χ2n) is 4.09. The molecule has 2 N–H and O–H groups in total. The lowest BCUT2D eigenvalue weighted by Crippen LogP contribution is -2.40. The Kier molecular flexibility index (Phi) is 4.68. The summed E-state index contributed by atoms with van der Waals surface area (Å²) in [6, 6.07) is 12.6. The summed E-state index contributed by atoms with van der Waals surface area (Å²) in [4.78, 5) is 25.4. The van der Waals surface area contributed by atoms with Crippen LogP contribution in [0.4, 0.5) is 0 Å². The van der Waals surface area contributed by atoms with E-state index in [1.165, 1.54) is 11.0 Å². The van der Waals surface area contributed by atoms with Gasteiger partial charge in [-0.25, -0.2) is 0 Å². The number of hydrogen-bond acceptors (Lipinski definition) is 3. The van der Waals surface area contributed by atoms with E-state index in [0.29, 0.717) is 5.56 Å². The highest BCUT2D eigenvalue weighted by molar-refractivity contribution is 7.12. The van der Waals surface area contributed by atoms with Crippen LogP contribution >= 0.6 is 11.3 Å². The maximum atomic E-state index is 11.7. The predicted octanol–water partition coefficient (Wildman–Crippen LogP) is 2.53. The van der Waals surface area contributed by atoms with Gasteiger partial charge in [-0.3, -0.25) is 20.4 Å². The fourth-order valence-corrected chi connectivity index (χ4v) is 2.30. The first-order valence-corrected chi connectivity index (χ1v) is 6.87. The Labute approximate surface area is 121 Å². The Bertz CT molecular complexity index is 632. The SMILES string of the molecule is Cc1ccc(/C=C/C(=O)NNC(=O)c2ccccc2)s1.